The molecule has 1 aromatic heterocycles. The summed E-state index contributed by atoms with van der Waals surface area (Å²) in [5.41, 5.74) is 17.9. The number of furan rings is 1. The van der Waals surface area contributed by atoms with Gasteiger partial charge in [0.05, 0.1) is 11.1 Å². The van der Waals surface area contributed by atoms with E-state index in [9.17, 15) is 0 Å². The average molecular weight is 767 g/mol. The molecule has 3 heteroatoms. The van der Waals surface area contributed by atoms with Crippen molar-refractivity contribution in [3.05, 3.63) is 253 Å². The van der Waals surface area contributed by atoms with E-state index in [1.54, 1.807) is 0 Å². The molecule has 1 atom stereocenters. The Bertz CT molecular complexity index is 3110. The highest BCUT2D eigenvalue weighted by Crippen LogP contribution is 2.67. The predicted octanol–water partition coefficient (Wildman–Crippen LogP) is 15.4. The maximum Gasteiger partial charge on any atom is 0.142 e. The fraction of sp³-hybridized carbons (Fsp3) is 0.0175. The van der Waals surface area contributed by atoms with Gasteiger partial charge in [-0.3, -0.25) is 0 Å². The van der Waals surface area contributed by atoms with Gasteiger partial charge in [-0.2, -0.15) is 0 Å². The van der Waals surface area contributed by atoms with Crippen molar-refractivity contribution in [3.63, 3.8) is 0 Å². The summed E-state index contributed by atoms with van der Waals surface area (Å²) >= 11 is 0. The molecule has 3 nitrogen and oxygen atoms in total. The van der Waals surface area contributed by atoms with Gasteiger partial charge in [-0.15, -0.1) is 0 Å². The number of hydrogen-bond donors (Lipinski definition) is 0. The smallest absolute Gasteiger partial charge is 0.142 e. The molecule has 12 rings (SSSR count). The number of rotatable bonds is 7. The molecule has 0 saturated carbocycles. The third kappa shape index (κ3) is 4.96. The van der Waals surface area contributed by atoms with Crippen molar-refractivity contribution in [2.24, 2.45) is 0 Å². The number of para-hydroxylation sites is 5. The van der Waals surface area contributed by atoms with E-state index < -0.39 is 5.41 Å². The van der Waals surface area contributed by atoms with Gasteiger partial charge in [-0.1, -0.05) is 158 Å². The number of benzene rings is 9. The Morgan fingerprint density at radius 1 is 0.333 bits per heavy atom. The fourth-order valence-corrected chi connectivity index (χ4v) is 10.1. The molecule has 1 unspecified atom stereocenters. The first-order chi connectivity index (χ1) is 29.8. The molecule has 0 bridgehead atoms. The van der Waals surface area contributed by atoms with Crippen LogP contribution in [0.5, 0.6) is 0 Å². The van der Waals surface area contributed by atoms with Crippen molar-refractivity contribution in [2.75, 3.05) is 9.80 Å². The van der Waals surface area contributed by atoms with Crippen LogP contribution < -0.4 is 9.80 Å². The third-order valence-corrected chi connectivity index (χ3v) is 12.4. The lowest BCUT2D eigenvalue weighted by Gasteiger charge is -2.31. The molecule has 0 N–H and O–H groups in total. The Morgan fingerprint density at radius 2 is 0.800 bits per heavy atom. The highest BCUT2D eigenvalue weighted by molar-refractivity contribution is 6.07. The summed E-state index contributed by atoms with van der Waals surface area (Å²) in [5.74, 6) is 0.929. The first-order valence-electron chi connectivity index (χ1n) is 20.6. The van der Waals surface area contributed by atoms with Gasteiger partial charge in [-0.25, -0.2) is 0 Å². The largest absolute Gasteiger partial charge is 0.456 e. The quantitative estimate of drug-likeness (QED) is 0.161. The second-order valence-electron chi connectivity index (χ2n) is 15.6. The zero-order chi connectivity index (χ0) is 39.6. The van der Waals surface area contributed by atoms with Gasteiger partial charge < -0.3 is 14.2 Å². The van der Waals surface area contributed by atoms with Crippen LogP contribution in [-0.2, 0) is 5.41 Å². The van der Waals surface area contributed by atoms with Crippen LogP contribution in [0.3, 0.4) is 0 Å². The molecule has 0 fully saturated rings. The van der Waals surface area contributed by atoms with Gasteiger partial charge in [-0.05, 0) is 112 Å². The maximum atomic E-state index is 7.11. The monoisotopic (exact) mass is 766 g/mol. The molecule has 1 heterocycles. The number of anilines is 6. The molecule has 2 aliphatic carbocycles. The van der Waals surface area contributed by atoms with Gasteiger partial charge in [0.1, 0.15) is 11.3 Å². The second kappa shape index (κ2) is 13.6. The summed E-state index contributed by atoms with van der Waals surface area (Å²) in [6, 6.07) is 83.0. The average Bonchev–Trinajstić information content (AvgIpc) is 3.95. The van der Waals surface area contributed by atoms with Crippen molar-refractivity contribution in [1.82, 2.24) is 0 Å². The molecule has 282 valence electrons. The lowest BCUT2D eigenvalue weighted by atomic mass is 9.70. The SMILES string of the molecule is c1ccc(N(c2ccccc2)c2ccc(-c3cccc4c3-c3ccccc3C43c4cccc(N(c5ccccc5)c5ccccc5)c4-c4oc5ccccc5c43)cc2)cc1. The molecular weight excluding hydrogens is 729 g/mol. The van der Waals surface area contributed by atoms with Crippen molar-refractivity contribution in [3.8, 4) is 33.6 Å². The molecule has 9 aromatic carbocycles. The molecule has 10 aromatic rings. The molecular formula is C57H38N2O. The van der Waals surface area contributed by atoms with Crippen molar-refractivity contribution in [1.29, 1.82) is 0 Å². The lowest BCUT2D eigenvalue weighted by molar-refractivity contribution is 0.628. The summed E-state index contributed by atoms with van der Waals surface area (Å²) in [7, 11) is 0. The lowest BCUT2D eigenvalue weighted by Crippen LogP contribution is -2.26. The molecule has 0 aliphatic heterocycles. The zero-order valence-electron chi connectivity index (χ0n) is 32.7. The van der Waals surface area contributed by atoms with Gasteiger partial charge in [0, 0.05) is 45.0 Å². The standard InChI is InChI=1S/C57H38N2O/c1-5-19-40(20-6-1)58(41-21-7-2-8-22-41)44-37-35-39(36-38-44)45-29-17-31-49-53(45)46-27-13-15-30-48(46)57(49)50-32-18-33-51(54(50)56-55(57)47-28-14-16-34-52(47)60-56)59(42-23-9-3-10-24-42)43-25-11-4-12-26-43/h1-38H. The van der Waals surface area contributed by atoms with Gasteiger partial charge in [0.25, 0.3) is 0 Å². The van der Waals surface area contributed by atoms with Crippen LogP contribution in [-0.4, -0.2) is 0 Å². The minimum Gasteiger partial charge on any atom is -0.456 e. The van der Waals surface area contributed by atoms with Crippen LogP contribution in [0.1, 0.15) is 22.3 Å². The topological polar surface area (TPSA) is 19.6 Å². The second-order valence-corrected chi connectivity index (χ2v) is 15.6. The highest BCUT2D eigenvalue weighted by Gasteiger charge is 2.55. The van der Waals surface area contributed by atoms with Gasteiger partial charge >= 0.3 is 0 Å². The van der Waals surface area contributed by atoms with Crippen LogP contribution >= 0.6 is 0 Å². The molecule has 60 heavy (non-hydrogen) atoms. The number of nitrogens with zero attached hydrogens (tertiary/aromatic N) is 2. The van der Waals surface area contributed by atoms with E-state index in [-0.39, 0.29) is 0 Å². The minimum atomic E-state index is -0.619. The van der Waals surface area contributed by atoms with Crippen LogP contribution in [0, 0.1) is 0 Å². The third-order valence-electron chi connectivity index (χ3n) is 12.4. The summed E-state index contributed by atoms with van der Waals surface area (Å²) in [5, 5.41) is 1.14. The Hall–Kier alpha value is -7.88. The summed E-state index contributed by atoms with van der Waals surface area (Å²) < 4.78 is 7.11. The van der Waals surface area contributed by atoms with Crippen molar-refractivity contribution < 1.29 is 4.42 Å². The van der Waals surface area contributed by atoms with Gasteiger partial charge in [0.2, 0.25) is 0 Å². The van der Waals surface area contributed by atoms with E-state index in [0.29, 0.717) is 0 Å². The molecule has 0 amide bonds. The van der Waals surface area contributed by atoms with Crippen LogP contribution in [0.2, 0.25) is 0 Å². The Morgan fingerprint density at radius 3 is 1.43 bits per heavy atom. The molecule has 0 saturated heterocycles. The zero-order valence-corrected chi connectivity index (χ0v) is 32.7. The molecule has 1 spiro atoms. The summed E-state index contributed by atoms with van der Waals surface area (Å²) in [4.78, 5) is 4.69. The number of hydrogen-bond acceptors (Lipinski definition) is 3. The maximum absolute atomic E-state index is 7.11. The first kappa shape index (κ1) is 34.2. The highest BCUT2D eigenvalue weighted by atomic mass is 16.3. The Labute approximate surface area is 349 Å². The first-order valence-corrected chi connectivity index (χ1v) is 20.6. The van der Waals surface area contributed by atoms with E-state index in [1.807, 2.05) is 0 Å². The van der Waals surface area contributed by atoms with E-state index >= 15 is 0 Å². The van der Waals surface area contributed by atoms with E-state index in [2.05, 4.69) is 240 Å². The predicted molar refractivity (Wildman–Crippen MR) is 247 cm³/mol. The van der Waals surface area contributed by atoms with Crippen LogP contribution in [0.15, 0.2) is 235 Å². The Balaban J connectivity index is 1.10. The van der Waals surface area contributed by atoms with Crippen molar-refractivity contribution in [2.45, 2.75) is 5.41 Å². The minimum absolute atomic E-state index is 0.619. The molecule has 0 radical (unpaired) electrons. The summed E-state index contributed by atoms with van der Waals surface area (Å²) in [6.07, 6.45) is 0. The van der Waals surface area contributed by atoms with Crippen molar-refractivity contribution >= 4 is 45.1 Å². The number of fused-ring (bicyclic) bond motifs is 12. The molecule has 2 aliphatic rings. The van der Waals surface area contributed by atoms with Gasteiger partial charge in [0.15, 0.2) is 0 Å². The van der Waals surface area contributed by atoms with Crippen LogP contribution in [0.25, 0.3) is 44.5 Å². The van der Waals surface area contributed by atoms with E-state index in [4.69, 9.17) is 4.42 Å². The van der Waals surface area contributed by atoms with E-state index in [0.717, 1.165) is 56.4 Å². The Kier molecular flexibility index (Phi) is 7.76. The normalized spacial score (nSPS) is 14.4. The van der Waals surface area contributed by atoms with E-state index in [1.165, 1.54) is 44.5 Å². The summed E-state index contributed by atoms with van der Waals surface area (Å²) in [6.45, 7) is 0. The van der Waals surface area contributed by atoms with Crippen LogP contribution in [0.4, 0.5) is 34.1 Å². The fourth-order valence-electron chi connectivity index (χ4n) is 10.1.